The van der Waals surface area contributed by atoms with E-state index in [1.165, 1.54) is 10.9 Å². The summed E-state index contributed by atoms with van der Waals surface area (Å²) in [5, 5.41) is 9.65. The highest BCUT2D eigenvalue weighted by Crippen LogP contribution is 2.67. The van der Waals surface area contributed by atoms with Crippen LogP contribution in [0.3, 0.4) is 0 Å². The predicted octanol–water partition coefficient (Wildman–Crippen LogP) is 3.72. The number of para-hydroxylation sites is 1. The summed E-state index contributed by atoms with van der Waals surface area (Å²) in [5.41, 5.74) is 2.30. The van der Waals surface area contributed by atoms with Gasteiger partial charge in [-0.2, -0.15) is 0 Å². The summed E-state index contributed by atoms with van der Waals surface area (Å²) in [4.78, 5) is 30.4. The summed E-state index contributed by atoms with van der Waals surface area (Å²) in [6.45, 7) is -0.199. The van der Waals surface area contributed by atoms with Crippen LogP contribution in [-0.2, 0) is 21.5 Å². The van der Waals surface area contributed by atoms with Gasteiger partial charge in [-0.1, -0.05) is 41.9 Å². The Balaban J connectivity index is 1.55. The van der Waals surface area contributed by atoms with E-state index in [4.69, 9.17) is 16.7 Å². The number of hydrogen-bond acceptors (Lipinski definition) is 3. The number of carboxylic acids is 1. The smallest absolute Gasteiger partial charge is 0.323 e. The van der Waals surface area contributed by atoms with Crippen molar-refractivity contribution in [3.63, 3.8) is 0 Å². The lowest BCUT2D eigenvalue weighted by molar-refractivity contribution is -0.137. The Morgan fingerprint density at radius 3 is 2.71 bits per heavy atom. The third kappa shape index (κ3) is 2.38. The Morgan fingerprint density at radius 2 is 1.96 bits per heavy atom. The van der Waals surface area contributed by atoms with Crippen LogP contribution in [-0.4, -0.2) is 26.5 Å². The van der Waals surface area contributed by atoms with Gasteiger partial charge in [-0.25, -0.2) is 4.98 Å². The number of carbonyl (C=O) groups is 2. The molecule has 1 N–H and O–H groups in total. The fourth-order valence-corrected chi connectivity index (χ4v) is 4.42. The molecular weight excluding hydrogens is 378 g/mol. The monoisotopic (exact) mass is 393 g/mol. The Kier molecular flexibility index (Phi) is 3.61. The molecule has 2 atom stereocenters. The fraction of sp³-hybridized carbons (Fsp3) is 0.190. The summed E-state index contributed by atoms with van der Waals surface area (Å²) in [5.74, 6) is -0.449. The Morgan fingerprint density at radius 1 is 1.21 bits per heavy atom. The minimum absolute atomic E-state index is 0.0192. The van der Waals surface area contributed by atoms with Gasteiger partial charge < -0.3 is 9.67 Å². The number of rotatable bonds is 4. The van der Waals surface area contributed by atoms with Gasteiger partial charge in [0.25, 0.3) is 0 Å². The van der Waals surface area contributed by atoms with E-state index in [9.17, 15) is 9.59 Å². The fourth-order valence-electron chi connectivity index (χ4n) is 4.30. The number of fused-ring (bicyclic) bond motifs is 2. The maximum atomic E-state index is 13.6. The zero-order chi connectivity index (χ0) is 19.5. The van der Waals surface area contributed by atoms with Crippen LogP contribution in [0.1, 0.15) is 23.5 Å². The number of benzene rings is 2. The first-order valence-electron chi connectivity index (χ1n) is 8.94. The molecule has 7 heteroatoms. The lowest BCUT2D eigenvalue weighted by atomic mass is 9.92. The van der Waals surface area contributed by atoms with Crippen LogP contribution < -0.4 is 4.90 Å². The first-order chi connectivity index (χ1) is 13.5. The summed E-state index contributed by atoms with van der Waals surface area (Å²) in [7, 11) is 0. The van der Waals surface area contributed by atoms with Crippen LogP contribution in [0.25, 0.3) is 0 Å². The third-order valence-electron chi connectivity index (χ3n) is 5.61. The number of hydrogen-bond donors (Lipinski definition) is 1. The van der Waals surface area contributed by atoms with E-state index < -0.39 is 11.4 Å². The van der Waals surface area contributed by atoms with E-state index in [2.05, 4.69) is 4.98 Å². The van der Waals surface area contributed by atoms with Crippen molar-refractivity contribution in [3.05, 3.63) is 77.2 Å². The maximum absolute atomic E-state index is 13.6. The van der Waals surface area contributed by atoms with Gasteiger partial charge in [0.05, 0.1) is 17.4 Å². The lowest BCUT2D eigenvalue weighted by Crippen LogP contribution is -2.29. The molecule has 5 rings (SSSR count). The summed E-state index contributed by atoms with van der Waals surface area (Å²) >= 11 is 6.01. The maximum Gasteiger partial charge on any atom is 0.323 e. The molecule has 3 aromatic rings. The van der Waals surface area contributed by atoms with Gasteiger partial charge in [0.2, 0.25) is 5.91 Å². The number of aromatic nitrogens is 2. The second kappa shape index (κ2) is 5.94. The number of carbonyl (C=O) groups excluding carboxylic acids is 1. The van der Waals surface area contributed by atoms with E-state index in [0.29, 0.717) is 10.8 Å². The molecule has 1 unspecified atom stereocenters. The van der Waals surface area contributed by atoms with Gasteiger partial charge >= 0.3 is 5.97 Å². The summed E-state index contributed by atoms with van der Waals surface area (Å²) < 4.78 is 1.46. The molecule has 1 saturated carbocycles. The van der Waals surface area contributed by atoms with Gasteiger partial charge in [0.15, 0.2) is 5.82 Å². The van der Waals surface area contributed by atoms with Crippen LogP contribution in [0.4, 0.5) is 11.5 Å². The van der Waals surface area contributed by atoms with Crippen LogP contribution in [0.5, 0.6) is 0 Å². The molecule has 140 valence electrons. The average molecular weight is 394 g/mol. The van der Waals surface area contributed by atoms with E-state index in [1.54, 1.807) is 11.1 Å². The number of halogens is 1. The largest absolute Gasteiger partial charge is 0.480 e. The van der Waals surface area contributed by atoms with Gasteiger partial charge in [-0.05, 0) is 35.7 Å². The first kappa shape index (κ1) is 17.0. The Labute approximate surface area is 166 Å². The zero-order valence-corrected chi connectivity index (χ0v) is 15.5. The average Bonchev–Trinajstić information content (AvgIpc) is 3.19. The quantitative estimate of drug-likeness (QED) is 0.732. The number of aliphatic carboxylic acids is 1. The van der Waals surface area contributed by atoms with Gasteiger partial charge in [0.1, 0.15) is 6.54 Å². The molecule has 2 aliphatic rings. The van der Waals surface area contributed by atoms with Gasteiger partial charge in [-0.3, -0.25) is 14.5 Å². The molecule has 0 radical (unpaired) electrons. The highest BCUT2D eigenvalue weighted by atomic mass is 35.5. The van der Waals surface area contributed by atoms with Gasteiger partial charge in [-0.15, -0.1) is 0 Å². The number of nitrogens with zero attached hydrogens (tertiary/aromatic N) is 3. The number of imidazole rings is 1. The van der Waals surface area contributed by atoms with Crippen LogP contribution in [0, 0.1) is 0 Å². The van der Waals surface area contributed by atoms with Crippen molar-refractivity contribution in [2.24, 2.45) is 0 Å². The number of carboxylic acid groups (broad SMARTS) is 1. The molecule has 2 aromatic carbocycles. The molecule has 1 fully saturated rings. The molecule has 1 spiro atoms. The van der Waals surface area contributed by atoms with Crippen LogP contribution >= 0.6 is 11.6 Å². The molecule has 1 aliphatic carbocycles. The Hall–Kier alpha value is -3.12. The van der Waals surface area contributed by atoms with Crippen LogP contribution in [0.2, 0.25) is 5.02 Å². The highest BCUT2D eigenvalue weighted by molar-refractivity contribution is 6.30. The van der Waals surface area contributed by atoms with Gasteiger partial charge in [0, 0.05) is 17.1 Å². The summed E-state index contributed by atoms with van der Waals surface area (Å²) in [6.07, 6.45) is 3.77. The first-order valence-corrected chi connectivity index (χ1v) is 9.31. The lowest BCUT2D eigenvalue weighted by Gasteiger charge is -2.15. The van der Waals surface area contributed by atoms with Crippen molar-refractivity contribution in [3.8, 4) is 0 Å². The third-order valence-corrected chi connectivity index (χ3v) is 5.86. The minimum Gasteiger partial charge on any atom is -0.480 e. The van der Waals surface area contributed by atoms with E-state index in [0.717, 1.165) is 23.2 Å². The molecule has 1 aliphatic heterocycles. The molecule has 6 nitrogen and oxygen atoms in total. The summed E-state index contributed by atoms with van der Waals surface area (Å²) in [6, 6.07) is 15.4. The topological polar surface area (TPSA) is 75.4 Å². The second-order valence-electron chi connectivity index (χ2n) is 7.24. The molecule has 0 saturated heterocycles. The normalized spacial score (nSPS) is 22.5. The van der Waals surface area contributed by atoms with E-state index >= 15 is 0 Å². The minimum atomic E-state index is -0.960. The SMILES string of the molecule is O=C(O)Cn1cnc(N2C(=O)C3(C[C@H]3c3ccc(Cl)cc3)c3ccccc32)c1. The van der Waals surface area contributed by atoms with Crippen molar-refractivity contribution >= 4 is 35.0 Å². The molecule has 2 heterocycles. The number of amides is 1. The van der Waals surface area contributed by atoms with E-state index in [-0.39, 0.29) is 18.4 Å². The molecular formula is C21H16ClN3O3. The van der Waals surface area contributed by atoms with Crippen molar-refractivity contribution in [1.82, 2.24) is 9.55 Å². The van der Waals surface area contributed by atoms with Crippen molar-refractivity contribution < 1.29 is 14.7 Å². The van der Waals surface area contributed by atoms with Crippen molar-refractivity contribution in [2.45, 2.75) is 24.3 Å². The Bertz CT molecular complexity index is 1110. The number of anilines is 2. The predicted molar refractivity (Wildman–Crippen MR) is 104 cm³/mol. The van der Waals surface area contributed by atoms with Crippen molar-refractivity contribution in [1.29, 1.82) is 0 Å². The molecule has 1 aromatic heterocycles. The highest BCUT2D eigenvalue weighted by Gasteiger charge is 2.67. The molecule has 28 heavy (non-hydrogen) atoms. The van der Waals surface area contributed by atoms with Crippen LogP contribution in [0.15, 0.2) is 61.1 Å². The second-order valence-corrected chi connectivity index (χ2v) is 7.67. The standard InChI is InChI=1S/C21H16ClN3O3/c22-14-7-5-13(6-8-14)16-9-21(16)15-3-1-2-4-17(15)25(20(21)28)18-10-24(12-23-18)11-19(26)27/h1-8,10,12,16H,9,11H2,(H,26,27)/t16-,21?/m0/s1. The van der Waals surface area contributed by atoms with Crippen molar-refractivity contribution in [2.75, 3.05) is 4.90 Å². The van der Waals surface area contributed by atoms with E-state index in [1.807, 2.05) is 48.5 Å². The molecule has 0 bridgehead atoms. The zero-order valence-electron chi connectivity index (χ0n) is 14.7. The molecule has 1 amide bonds.